The molecule has 2 aromatic rings. The minimum absolute atomic E-state index is 0.0972. The molecule has 0 bridgehead atoms. The third-order valence-corrected chi connectivity index (χ3v) is 6.23. The molecule has 10 heteroatoms. The highest BCUT2D eigenvalue weighted by Crippen LogP contribution is 2.38. The number of hydrogen-bond donors (Lipinski definition) is 3. The number of benzene rings is 1. The van der Waals surface area contributed by atoms with E-state index in [1.807, 2.05) is 45.0 Å². The second kappa shape index (κ2) is 10.2. The van der Waals surface area contributed by atoms with Gasteiger partial charge in [0.15, 0.2) is 16.8 Å². The summed E-state index contributed by atoms with van der Waals surface area (Å²) in [6, 6.07) is 7.99. The van der Waals surface area contributed by atoms with Gasteiger partial charge >= 0.3 is 0 Å². The second-order valence-electron chi connectivity index (χ2n) is 9.23. The Morgan fingerprint density at radius 3 is 2.52 bits per heavy atom. The zero-order valence-electron chi connectivity index (χ0n) is 19.5. The predicted molar refractivity (Wildman–Crippen MR) is 131 cm³/mol. The van der Waals surface area contributed by atoms with E-state index in [0.717, 1.165) is 17.5 Å². The molecule has 1 fully saturated rings. The van der Waals surface area contributed by atoms with Crippen molar-refractivity contribution in [1.82, 2.24) is 9.97 Å². The number of nitrogens with one attached hydrogen (secondary N) is 2. The van der Waals surface area contributed by atoms with Gasteiger partial charge in [-0.1, -0.05) is 56.8 Å². The number of nitrogens with zero attached hydrogens (tertiary/aromatic N) is 3. The number of aryl methyl sites for hydroxylation is 1. The van der Waals surface area contributed by atoms with Gasteiger partial charge in [0.25, 0.3) is 5.92 Å². The number of aromatic nitrogens is 2. The van der Waals surface area contributed by atoms with Crippen LogP contribution in [-0.2, 0) is 23.2 Å². The van der Waals surface area contributed by atoms with Crippen LogP contribution in [0, 0.1) is 0 Å². The Bertz CT molecular complexity index is 995. The Hall–Kier alpha value is -2.46. The molecule has 0 saturated carbocycles. The molecule has 1 aromatic carbocycles. The number of halogens is 2. The first-order valence-electron chi connectivity index (χ1n) is 11.0. The molecule has 1 aromatic heterocycles. The zero-order chi connectivity index (χ0) is 24.2. The van der Waals surface area contributed by atoms with Crippen molar-refractivity contribution in [2.45, 2.75) is 58.4 Å². The quantitative estimate of drug-likeness (QED) is 0.381. The number of carbonyl (C=O) groups is 1. The van der Waals surface area contributed by atoms with Crippen LogP contribution in [0.4, 0.5) is 26.1 Å². The van der Waals surface area contributed by atoms with E-state index in [0.29, 0.717) is 35.4 Å². The van der Waals surface area contributed by atoms with Crippen LogP contribution in [0.5, 0.6) is 0 Å². The number of carbonyl (C=O) groups excluding carboxylic acids is 1. The maximum absolute atomic E-state index is 13.9. The Balaban J connectivity index is 1.90. The number of rotatable bonds is 8. The van der Waals surface area contributed by atoms with Crippen LogP contribution < -0.4 is 21.5 Å². The summed E-state index contributed by atoms with van der Waals surface area (Å²) in [5, 5.41) is 3.43. The van der Waals surface area contributed by atoms with Crippen molar-refractivity contribution in [3.8, 4) is 0 Å². The van der Waals surface area contributed by atoms with Crippen molar-refractivity contribution >= 4 is 34.2 Å². The Kier molecular flexibility index (Phi) is 7.79. The van der Waals surface area contributed by atoms with Crippen LogP contribution >= 0.6 is 11.8 Å². The maximum atomic E-state index is 13.9. The number of alkyl halides is 2. The number of hydrazine groups is 1. The van der Waals surface area contributed by atoms with Gasteiger partial charge in [0.05, 0.1) is 6.54 Å². The fraction of sp³-hybridized carbons (Fsp3) is 0.522. The van der Waals surface area contributed by atoms with Crippen LogP contribution in [0.15, 0.2) is 24.3 Å². The van der Waals surface area contributed by atoms with Gasteiger partial charge in [0.2, 0.25) is 0 Å². The molecule has 0 spiro atoms. The lowest BCUT2D eigenvalue weighted by Crippen LogP contribution is -2.29. The van der Waals surface area contributed by atoms with E-state index in [4.69, 9.17) is 5.84 Å². The average molecular weight is 479 g/mol. The summed E-state index contributed by atoms with van der Waals surface area (Å²) in [6.45, 7) is 7.75. The fourth-order valence-corrected chi connectivity index (χ4v) is 4.26. The number of nitrogen functional groups attached to an aromatic ring is 1. The first kappa shape index (κ1) is 25.2. The van der Waals surface area contributed by atoms with Crippen molar-refractivity contribution in [2.75, 3.05) is 34.5 Å². The molecule has 3 rings (SSSR count). The molecular formula is C23H32F2N6OS. The topological polar surface area (TPSA) is 96.2 Å². The van der Waals surface area contributed by atoms with E-state index >= 15 is 0 Å². The highest BCUT2D eigenvalue weighted by atomic mass is 32.2. The van der Waals surface area contributed by atoms with Crippen LogP contribution in [0.1, 0.15) is 51.1 Å². The van der Waals surface area contributed by atoms with E-state index in [2.05, 4.69) is 20.7 Å². The number of thioether (sulfide) groups is 1. The van der Waals surface area contributed by atoms with Gasteiger partial charge in [0.1, 0.15) is 11.5 Å². The highest BCUT2D eigenvalue weighted by molar-refractivity contribution is 8.13. The molecule has 0 aliphatic carbocycles. The fourth-order valence-electron chi connectivity index (χ4n) is 3.65. The molecule has 7 nitrogen and oxygen atoms in total. The Morgan fingerprint density at radius 2 is 1.94 bits per heavy atom. The van der Waals surface area contributed by atoms with Crippen molar-refractivity contribution < 1.29 is 13.6 Å². The van der Waals surface area contributed by atoms with Gasteiger partial charge in [0, 0.05) is 37.6 Å². The van der Waals surface area contributed by atoms with Gasteiger partial charge in [-0.3, -0.25) is 10.6 Å². The third kappa shape index (κ3) is 6.54. The zero-order valence-corrected chi connectivity index (χ0v) is 20.4. The molecule has 0 amide bonds. The van der Waals surface area contributed by atoms with Crippen LogP contribution in [0.2, 0.25) is 0 Å². The molecule has 1 saturated heterocycles. The standard InChI is InChI=1S/C23H32F2N6OS/c1-15(32)33-12-9-16-7-5-6-8-17(16)13-27-19-18(30-26)20(29-21(28-19)22(2,3)4)31-11-10-23(24,25)14-31/h5-8,30H,9-14,26H2,1-4H3,(H,27,28,29). The largest absolute Gasteiger partial charge is 0.364 e. The van der Waals surface area contributed by atoms with Crippen molar-refractivity contribution in [1.29, 1.82) is 0 Å². The highest BCUT2D eigenvalue weighted by Gasteiger charge is 2.40. The second-order valence-corrected chi connectivity index (χ2v) is 10.5. The summed E-state index contributed by atoms with van der Waals surface area (Å²) in [7, 11) is 0. The van der Waals surface area contributed by atoms with E-state index in [1.54, 1.807) is 11.8 Å². The molecule has 1 aliphatic heterocycles. The number of hydrogen-bond acceptors (Lipinski definition) is 8. The SMILES string of the molecule is CC(=O)SCCc1ccccc1CNc1nc(C(C)(C)C)nc(N2CCC(F)(F)C2)c1NN. The minimum atomic E-state index is -2.76. The average Bonchev–Trinajstić information content (AvgIpc) is 3.11. The van der Waals surface area contributed by atoms with Crippen LogP contribution in [0.25, 0.3) is 0 Å². The van der Waals surface area contributed by atoms with E-state index in [-0.39, 0.29) is 23.5 Å². The van der Waals surface area contributed by atoms with Gasteiger partial charge in [-0.25, -0.2) is 18.7 Å². The first-order chi connectivity index (χ1) is 15.5. The lowest BCUT2D eigenvalue weighted by molar-refractivity contribution is -0.109. The minimum Gasteiger partial charge on any atom is -0.364 e. The molecule has 0 unspecified atom stereocenters. The Labute approximate surface area is 197 Å². The molecule has 1 aliphatic rings. The van der Waals surface area contributed by atoms with Gasteiger partial charge in [-0.2, -0.15) is 0 Å². The molecule has 0 radical (unpaired) electrons. The molecule has 0 atom stereocenters. The first-order valence-corrected chi connectivity index (χ1v) is 11.9. The Morgan fingerprint density at radius 1 is 1.24 bits per heavy atom. The lowest BCUT2D eigenvalue weighted by Gasteiger charge is -2.26. The molecule has 33 heavy (non-hydrogen) atoms. The smallest absolute Gasteiger partial charge is 0.266 e. The van der Waals surface area contributed by atoms with Gasteiger partial charge in [-0.05, 0) is 17.5 Å². The number of nitrogens with two attached hydrogens (primary N) is 1. The van der Waals surface area contributed by atoms with Crippen molar-refractivity contribution in [2.24, 2.45) is 5.84 Å². The summed E-state index contributed by atoms with van der Waals surface area (Å²) in [5.74, 6) is 5.15. The molecule has 4 N–H and O–H groups in total. The summed E-state index contributed by atoms with van der Waals surface area (Å²) >= 11 is 1.30. The summed E-state index contributed by atoms with van der Waals surface area (Å²) in [6.07, 6.45) is 0.537. The molecule has 180 valence electrons. The lowest BCUT2D eigenvalue weighted by atomic mass is 9.95. The van der Waals surface area contributed by atoms with Gasteiger partial charge < -0.3 is 15.6 Å². The number of anilines is 3. The maximum Gasteiger partial charge on any atom is 0.266 e. The molecular weight excluding hydrogens is 446 g/mol. The van der Waals surface area contributed by atoms with Crippen molar-refractivity contribution in [3.63, 3.8) is 0 Å². The predicted octanol–water partition coefficient (Wildman–Crippen LogP) is 4.34. The van der Waals surface area contributed by atoms with E-state index in [9.17, 15) is 13.6 Å². The monoisotopic (exact) mass is 478 g/mol. The summed E-state index contributed by atoms with van der Waals surface area (Å²) in [5.41, 5.74) is 4.83. The molecule has 2 heterocycles. The van der Waals surface area contributed by atoms with Crippen LogP contribution in [-0.4, -0.2) is 39.8 Å². The third-order valence-electron chi connectivity index (χ3n) is 5.42. The summed E-state index contributed by atoms with van der Waals surface area (Å²) in [4.78, 5) is 22.1. The van der Waals surface area contributed by atoms with Gasteiger partial charge in [-0.15, -0.1) is 0 Å². The summed E-state index contributed by atoms with van der Waals surface area (Å²) < 4.78 is 27.9. The van der Waals surface area contributed by atoms with E-state index < -0.39 is 12.5 Å². The van der Waals surface area contributed by atoms with Crippen LogP contribution in [0.3, 0.4) is 0 Å². The van der Waals surface area contributed by atoms with Crippen molar-refractivity contribution in [3.05, 3.63) is 41.2 Å². The normalized spacial score (nSPS) is 15.5. The van der Waals surface area contributed by atoms with E-state index in [1.165, 1.54) is 11.8 Å².